The second-order valence-electron chi connectivity index (χ2n) is 11.6. The second-order valence-corrected chi connectivity index (χ2v) is 13.2. The van der Waals surface area contributed by atoms with Gasteiger partial charge in [-0.2, -0.15) is 0 Å². The number of nitrogens with zero attached hydrogens (tertiary/aromatic N) is 1. The van der Waals surface area contributed by atoms with Crippen LogP contribution in [-0.2, 0) is 14.3 Å². The number of ether oxygens (including phenoxy) is 1. The van der Waals surface area contributed by atoms with Crippen molar-refractivity contribution in [3.63, 3.8) is 0 Å². The highest BCUT2D eigenvalue weighted by atomic mass is 32.2. The molecule has 0 aromatic heterocycles. The van der Waals surface area contributed by atoms with Crippen molar-refractivity contribution in [2.45, 2.75) is 70.5 Å². The van der Waals surface area contributed by atoms with Gasteiger partial charge in [0, 0.05) is 24.9 Å². The van der Waals surface area contributed by atoms with Crippen molar-refractivity contribution < 1.29 is 24.5 Å². The monoisotopic (exact) mass is 507 g/mol. The molecular formula is C26H37NO5S2. The number of carbonyl (C=O) groups excluding carboxylic acids is 2. The molecule has 0 bridgehead atoms. The van der Waals surface area contributed by atoms with E-state index in [1.54, 1.807) is 0 Å². The van der Waals surface area contributed by atoms with Gasteiger partial charge >= 0.3 is 0 Å². The van der Waals surface area contributed by atoms with E-state index in [0.29, 0.717) is 36.8 Å². The van der Waals surface area contributed by atoms with Crippen molar-refractivity contribution in [1.82, 2.24) is 4.90 Å². The Bertz CT molecular complexity index is 917. The number of morpholine rings is 1. The fraction of sp³-hybridized carbons (Fsp3) is 0.808. The van der Waals surface area contributed by atoms with E-state index < -0.39 is 17.1 Å². The third-order valence-corrected chi connectivity index (χ3v) is 11.6. The third-order valence-electron chi connectivity index (χ3n) is 10.1. The molecule has 1 aliphatic heterocycles. The van der Waals surface area contributed by atoms with Gasteiger partial charge in [0.15, 0.2) is 11.6 Å². The van der Waals surface area contributed by atoms with Gasteiger partial charge in [0.2, 0.25) is 0 Å². The van der Waals surface area contributed by atoms with Crippen LogP contribution < -0.4 is 0 Å². The molecule has 1 saturated heterocycles. The van der Waals surface area contributed by atoms with E-state index in [-0.39, 0.29) is 40.5 Å². The number of thiocarbonyl (C=S) groups is 1. The molecule has 0 radical (unpaired) electrons. The van der Waals surface area contributed by atoms with Gasteiger partial charge in [-0.05, 0) is 67.8 Å². The molecule has 8 heteroatoms. The zero-order valence-corrected chi connectivity index (χ0v) is 21.9. The second kappa shape index (κ2) is 8.94. The first kappa shape index (κ1) is 24.9. The molecule has 0 aromatic carbocycles. The van der Waals surface area contributed by atoms with Crippen molar-refractivity contribution in [3.05, 3.63) is 11.6 Å². The molecule has 188 valence electrons. The Morgan fingerprint density at radius 1 is 1.24 bits per heavy atom. The summed E-state index contributed by atoms with van der Waals surface area (Å²) in [6.07, 6.45) is 6.05. The van der Waals surface area contributed by atoms with Crippen LogP contribution >= 0.6 is 24.0 Å². The number of thioether (sulfide) groups is 1. The van der Waals surface area contributed by atoms with Gasteiger partial charge in [0.05, 0.1) is 25.1 Å². The molecule has 6 nitrogen and oxygen atoms in total. The minimum atomic E-state index is -1.43. The molecule has 1 heterocycles. The SMILES string of the molecule is CC12CCC(=O)C=C1CCC1C2C(O)CC2(C)C1CCC2(O)C(=O)CSC(=S)N1CCOCC1. The van der Waals surface area contributed by atoms with E-state index in [0.717, 1.165) is 38.8 Å². The summed E-state index contributed by atoms with van der Waals surface area (Å²) in [5, 5.41) is 23.4. The van der Waals surface area contributed by atoms with Crippen LogP contribution in [0.2, 0.25) is 0 Å². The maximum atomic E-state index is 13.5. The number of Topliss-reactive ketones (excluding diaryl/α,β-unsaturated/α-hetero) is 1. The van der Waals surface area contributed by atoms with E-state index in [9.17, 15) is 19.8 Å². The standard InChI is InChI=1S/C26H37NO5S2/c1-24-7-5-17(28)13-16(24)3-4-18-19-6-8-26(31,25(19,2)14-20(29)22(18)24)21(30)15-34-23(33)27-9-11-32-12-10-27/h13,18-20,22,29,31H,3-12,14-15H2,1-2H3. The number of aliphatic hydroxyl groups excluding tert-OH is 1. The first-order valence-electron chi connectivity index (χ1n) is 12.8. The van der Waals surface area contributed by atoms with Crippen LogP contribution in [0.5, 0.6) is 0 Å². The number of hydrogen-bond donors (Lipinski definition) is 2. The number of hydrogen-bond acceptors (Lipinski definition) is 7. The van der Waals surface area contributed by atoms with Gasteiger partial charge in [0.25, 0.3) is 0 Å². The number of fused-ring (bicyclic) bond motifs is 5. The van der Waals surface area contributed by atoms with Crippen LogP contribution in [0.3, 0.4) is 0 Å². The maximum absolute atomic E-state index is 13.5. The van der Waals surface area contributed by atoms with Crippen LogP contribution in [-0.4, -0.2) is 74.8 Å². The van der Waals surface area contributed by atoms with Crippen molar-refractivity contribution in [2.75, 3.05) is 32.1 Å². The molecular weight excluding hydrogens is 470 g/mol. The van der Waals surface area contributed by atoms with Crippen LogP contribution in [0.4, 0.5) is 0 Å². The van der Waals surface area contributed by atoms with E-state index in [1.807, 2.05) is 13.0 Å². The van der Waals surface area contributed by atoms with Crippen LogP contribution in [0.1, 0.15) is 58.8 Å². The molecule has 3 saturated carbocycles. The van der Waals surface area contributed by atoms with E-state index in [4.69, 9.17) is 17.0 Å². The van der Waals surface area contributed by atoms with Gasteiger partial charge in [0.1, 0.15) is 9.92 Å². The number of allylic oxidation sites excluding steroid dienone is 1. The van der Waals surface area contributed by atoms with Crippen molar-refractivity contribution in [3.8, 4) is 0 Å². The van der Waals surface area contributed by atoms with Gasteiger partial charge < -0.3 is 19.8 Å². The lowest BCUT2D eigenvalue weighted by molar-refractivity contribution is -0.178. The molecule has 0 spiro atoms. The molecule has 4 aliphatic carbocycles. The topological polar surface area (TPSA) is 87.1 Å². The highest BCUT2D eigenvalue weighted by Gasteiger charge is 2.68. The molecule has 7 atom stereocenters. The summed E-state index contributed by atoms with van der Waals surface area (Å²) in [7, 11) is 0. The lowest BCUT2D eigenvalue weighted by Crippen LogP contribution is -2.62. The van der Waals surface area contributed by atoms with Gasteiger partial charge in [-0.25, -0.2) is 0 Å². The molecule has 34 heavy (non-hydrogen) atoms. The summed E-state index contributed by atoms with van der Waals surface area (Å²) in [6, 6.07) is 0. The van der Waals surface area contributed by atoms with Crippen molar-refractivity contribution >= 4 is 39.9 Å². The zero-order chi connectivity index (χ0) is 24.3. The largest absolute Gasteiger partial charge is 0.393 e. The van der Waals surface area contributed by atoms with Crippen LogP contribution in [0, 0.1) is 28.6 Å². The summed E-state index contributed by atoms with van der Waals surface area (Å²) in [4.78, 5) is 27.6. The third kappa shape index (κ3) is 3.74. The lowest BCUT2D eigenvalue weighted by Gasteiger charge is -2.60. The van der Waals surface area contributed by atoms with Crippen molar-refractivity contribution in [2.24, 2.45) is 28.6 Å². The number of ketones is 2. The number of rotatable bonds is 3. The summed E-state index contributed by atoms with van der Waals surface area (Å²) in [6.45, 7) is 7.01. The van der Waals surface area contributed by atoms with Crippen molar-refractivity contribution in [1.29, 1.82) is 0 Å². The molecule has 0 aromatic rings. The highest BCUT2D eigenvalue weighted by molar-refractivity contribution is 8.23. The Morgan fingerprint density at radius 2 is 1.97 bits per heavy atom. The normalized spacial score (nSPS) is 44.1. The number of carbonyl (C=O) groups is 2. The van der Waals surface area contributed by atoms with Crippen LogP contribution in [0.25, 0.3) is 0 Å². The summed E-state index contributed by atoms with van der Waals surface area (Å²) in [5.74, 6) is 0.741. The first-order valence-corrected chi connectivity index (χ1v) is 14.2. The summed E-state index contributed by atoms with van der Waals surface area (Å²) < 4.78 is 6.07. The minimum Gasteiger partial charge on any atom is -0.393 e. The zero-order valence-electron chi connectivity index (χ0n) is 20.3. The first-order chi connectivity index (χ1) is 16.1. The molecule has 7 unspecified atom stereocenters. The van der Waals surface area contributed by atoms with Gasteiger partial charge in [-0.15, -0.1) is 0 Å². The Hall–Kier alpha value is -0.800. The van der Waals surface area contributed by atoms with Gasteiger partial charge in [-0.3, -0.25) is 9.59 Å². The minimum absolute atomic E-state index is 0.0828. The maximum Gasteiger partial charge on any atom is 0.175 e. The van der Waals surface area contributed by atoms with Gasteiger partial charge in [-0.1, -0.05) is 43.4 Å². The van der Waals surface area contributed by atoms with E-state index in [1.165, 1.54) is 17.3 Å². The average Bonchev–Trinajstić information content (AvgIpc) is 3.09. The average molecular weight is 508 g/mol. The smallest absolute Gasteiger partial charge is 0.175 e. The fourth-order valence-electron chi connectivity index (χ4n) is 8.23. The van der Waals surface area contributed by atoms with E-state index in [2.05, 4.69) is 11.8 Å². The fourth-order valence-corrected chi connectivity index (χ4v) is 9.45. The molecule has 0 amide bonds. The Labute approximate surface area is 211 Å². The van der Waals surface area contributed by atoms with E-state index >= 15 is 0 Å². The predicted molar refractivity (Wildman–Crippen MR) is 136 cm³/mol. The predicted octanol–water partition coefficient (Wildman–Crippen LogP) is 3.14. The highest BCUT2D eigenvalue weighted by Crippen LogP contribution is 2.67. The molecule has 5 rings (SSSR count). The molecule has 4 fully saturated rings. The Morgan fingerprint density at radius 3 is 2.71 bits per heavy atom. The lowest BCUT2D eigenvalue weighted by atomic mass is 9.45. The summed E-state index contributed by atoms with van der Waals surface area (Å²) >= 11 is 6.89. The molecule has 2 N–H and O–H groups in total. The molecule has 5 aliphatic rings. The Balaban J connectivity index is 1.34. The number of aliphatic hydroxyl groups is 2. The quantitative estimate of drug-likeness (QED) is 0.564. The Kier molecular flexibility index (Phi) is 6.54. The summed E-state index contributed by atoms with van der Waals surface area (Å²) in [5.41, 5.74) is -1.04. The van der Waals surface area contributed by atoms with Crippen LogP contribution in [0.15, 0.2) is 11.6 Å².